The van der Waals surface area contributed by atoms with Crippen LogP contribution in [0, 0.1) is 0 Å². The molecule has 0 spiro atoms. The van der Waals surface area contributed by atoms with Crippen molar-refractivity contribution in [2.24, 2.45) is 0 Å². The molecule has 14 heavy (non-hydrogen) atoms. The summed E-state index contributed by atoms with van der Waals surface area (Å²) in [6, 6.07) is 5.19. The minimum atomic E-state index is 0.126. The lowest BCUT2D eigenvalue weighted by atomic mass is 10.2. The molecule has 0 heterocycles. The van der Waals surface area contributed by atoms with Crippen molar-refractivity contribution < 1.29 is 9.84 Å². The van der Waals surface area contributed by atoms with Gasteiger partial charge in [-0.3, -0.25) is 0 Å². The molecule has 0 amide bonds. The highest BCUT2D eigenvalue weighted by Gasteiger charge is 1.98. The smallest absolute Gasteiger partial charge is 0.138 e. The number of phenolic OH excluding ortho intramolecular Hbond substituents is 1. The fraction of sp³-hybridized carbons (Fsp3) is 0.455. The monoisotopic (exact) mass is 195 g/mol. The van der Waals surface area contributed by atoms with E-state index in [1.165, 1.54) is 0 Å². The van der Waals surface area contributed by atoms with Crippen molar-refractivity contribution in [2.75, 3.05) is 12.3 Å². The van der Waals surface area contributed by atoms with Gasteiger partial charge in [-0.1, -0.05) is 19.4 Å². The molecule has 0 saturated heterocycles. The maximum atomic E-state index is 9.32. The van der Waals surface area contributed by atoms with E-state index in [0.29, 0.717) is 12.3 Å². The average molecular weight is 195 g/mol. The maximum absolute atomic E-state index is 9.32. The van der Waals surface area contributed by atoms with Gasteiger partial charge in [-0.25, -0.2) is 0 Å². The molecule has 0 radical (unpaired) electrons. The third kappa shape index (κ3) is 3.26. The summed E-state index contributed by atoms with van der Waals surface area (Å²) in [7, 11) is 0. The SMILES string of the molecule is CCCCOCc1ccc(N)c(O)c1. The molecule has 0 aliphatic carbocycles. The van der Waals surface area contributed by atoms with Crippen molar-refractivity contribution >= 4 is 5.69 Å². The lowest BCUT2D eigenvalue weighted by Gasteiger charge is -2.05. The van der Waals surface area contributed by atoms with E-state index in [1.54, 1.807) is 12.1 Å². The zero-order valence-electron chi connectivity index (χ0n) is 8.49. The quantitative estimate of drug-likeness (QED) is 0.430. The van der Waals surface area contributed by atoms with Crippen molar-refractivity contribution in [3.05, 3.63) is 23.8 Å². The molecule has 0 aliphatic heterocycles. The lowest BCUT2D eigenvalue weighted by molar-refractivity contribution is 0.118. The van der Waals surface area contributed by atoms with Crippen LogP contribution in [0.15, 0.2) is 18.2 Å². The van der Waals surface area contributed by atoms with Gasteiger partial charge in [-0.2, -0.15) is 0 Å². The van der Waals surface area contributed by atoms with Crippen molar-refractivity contribution in [1.29, 1.82) is 0 Å². The van der Waals surface area contributed by atoms with Crippen LogP contribution in [0.3, 0.4) is 0 Å². The van der Waals surface area contributed by atoms with Crippen LogP contribution in [0.5, 0.6) is 5.75 Å². The zero-order valence-corrected chi connectivity index (χ0v) is 8.49. The van der Waals surface area contributed by atoms with E-state index >= 15 is 0 Å². The van der Waals surface area contributed by atoms with Gasteiger partial charge in [-0.15, -0.1) is 0 Å². The van der Waals surface area contributed by atoms with Gasteiger partial charge in [0.15, 0.2) is 0 Å². The van der Waals surface area contributed by atoms with Gasteiger partial charge >= 0.3 is 0 Å². The van der Waals surface area contributed by atoms with Crippen molar-refractivity contribution in [3.8, 4) is 5.75 Å². The standard InChI is InChI=1S/C11H17NO2/c1-2-3-6-14-8-9-4-5-10(12)11(13)7-9/h4-5,7,13H,2-3,6,8,12H2,1H3. The predicted octanol–water partition coefficient (Wildman–Crippen LogP) is 2.29. The molecule has 0 aromatic heterocycles. The highest BCUT2D eigenvalue weighted by atomic mass is 16.5. The van der Waals surface area contributed by atoms with E-state index in [2.05, 4.69) is 6.92 Å². The number of anilines is 1. The predicted molar refractivity (Wildman–Crippen MR) is 57.1 cm³/mol. The molecule has 0 fully saturated rings. The molecule has 0 atom stereocenters. The minimum absolute atomic E-state index is 0.126. The van der Waals surface area contributed by atoms with Crippen LogP contribution in [0.2, 0.25) is 0 Å². The molecule has 1 aromatic rings. The van der Waals surface area contributed by atoms with Crippen molar-refractivity contribution in [2.45, 2.75) is 26.4 Å². The molecule has 3 heteroatoms. The van der Waals surface area contributed by atoms with Gasteiger partial charge in [0, 0.05) is 6.61 Å². The van der Waals surface area contributed by atoms with Crippen LogP contribution in [0.25, 0.3) is 0 Å². The van der Waals surface area contributed by atoms with Crippen LogP contribution in [0.1, 0.15) is 25.3 Å². The summed E-state index contributed by atoms with van der Waals surface area (Å²) in [4.78, 5) is 0. The Bertz CT molecular complexity index is 287. The summed E-state index contributed by atoms with van der Waals surface area (Å²) < 4.78 is 5.40. The Morgan fingerprint density at radius 3 is 2.86 bits per heavy atom. The Kier molecular flexibility index (Phi) is 4.26. The summed E-state index contributed by atoms with van der Waals surface area (Å²) in [6.07, 6.45) is 2.20. The van der Waals surface area contributed by atoms with Crippen molar-refractivity contribution in [3.63, 3.8) is 0 Å². The zero-order chi connectivity index (χ0) is 10.4. The van der Waals surface area contributed by atoms with E-state index in [1.807, 2.05) is 6.07 Å². The molecule has 0 unspecified atom stereocenters. The number of nitrogen functional groups attached to an aromatic ring is 1. The first-order valence-electron chi connectivity index (χ1n) is 4.89. The van der Waals surface area contributed by atoms with Crippen LogP contribution in [-0.2, 0) is 11.3 Å². The molecule has 78 valence electrons. The number of hydrogen-bond donors (Lipinski definition) is 2. The van der Waals surface area contributed by atoms with E-state index in [4.69, 9.17) is 10.5 Å². The van der Waals surface area contributed by atoms with Gasteiger partial charge in [-0.05, 0) is 24.1 Å². The third-order valence-electron chi connectivity index (χ3n) is 2.01. The molecular weight excluding hydrogens is 178 g/mol. The average Bonchev–Trinajstić information content (AvgIpc) is 2.18. The van der Waals surface area contributed by atoms with Gasteiger partial charge in [0.25, 0.3) is 0 Å². The summed E-state index contributed by atoms with van der Waals surface area (Å²) in [6.45, 7) is 3.42. The van der Waals surface area contributed by atoms with Crippen LogP contribution >= 0.6 is 0 Å². The van der Waals surface area contributed by atoms with E-state index < -0.39 is 0 Å². The molecule has 1 rings (SSSR count). The number of unbranched alkanes of at least 4 members (excludes halogenated alkanes) is 1. The van der Waals surface area contributed by atoms with Crippen molar-refractivity contribution in [1.82, 2.24) is 0 Å². The summed E-state index contributed by atoms with van der Waals surface area (Å²) in [5.74, 6) is 0.126. The first-order valence-corrected chi connectivity index (χ1v) is 4.89. The number of nitrogens with two attached hydrogens (primary N) is 1. The number of ether oxygens (including phenoxy) is 1. The van der Waals surface area contributed by atoms with Gasteiger partial charge in [0.1, 0.15) is 5.75 Å². The third-order valence-corrected chi connectivity index (χ3v) is 2.01. The Morgan fingerprint density at radius 2 is 2.21 bits per heavy atom. The molecule has 1 aromatic carbocycles. The highest BCUT2D eigenvalue weighted by molar-refractivity contribution is 5.52. The number of rotatable bonds is 5. The number of benzene rings is 1. The van der Waals surface area contributed by atoms with Crippen LogP contribution in [-0.4, -0.2) is 11.7 Å². The summed E-state index contributed by atoms with van der Waals surface area (Å²) >= 11 is 0. The Labute approximate surface area is 84.5 Å². The number of phenols is 1. The minimum Gasteiger partial charge on any atom is -0.506 e. The van der Waals surface area contributed by atoms with Gasteiger partial charge < -0.3 is 15.6 Å². The van der Waals surface area contributed by atoms with Crippen LogP contribution < -0.4 is 5.73 Å². The molecule has 3 nitrogen and oxygen atoms in total. The second-order valence-corrected chi connectivity index (χ2v) is 3.30. The topological polar surface area (TPSA) is 55.5 Å². The Balaban J connectivity index is 2.39. The molecule has 0 saturated carbocycles. The fourth-order valence-corrected chi connectivity index (χ4v) is 1.12. The van der Waals surface area contributed by atoms with E-state index in [-0.39, 0.29) is 5.75 Å². The Hall–Kier alpha value is -1.22. The van der Waals surface area contributed by atoms with Crippen LogP contribution in [0.4, 0.5) is 5.69 Å². The molecular formula is C11H17NO2. The van der Waals surface area contributed by atoms with Gasteiger partial charge in [0.05, 0.1) is 12.3 Å². The van der Waals surface area contributed by atoms with E-state index in [0.717, 1.165) is 25.0 Å². The summed E-state index contributed by atoms with van der Waals surface area (Å²) in [5, 5.41) is 9.32. The fourth-order valence-electron chi connectivity index (χ4n) is 1.12. The molecule has 0 bridgehead atoms. The molecule has 3 N–H and O–H groups in total. The normalized spacial score (nSPS) is 10.4. The molecule has 0 aliphatic rings. The second kappa shape index (κ2) is 5.50. The Morgan fingerprint density at radius 1 is 1.43 bits per heavy atom. The lowest BCUT2D eigenvalue weighted by Crippen LogP contribution is -1.95. The first-order chi connectivity index (χ1) is 6.74. The maximum Gasteiger partial charge on any atom is 0.138 e. The number of hydrogen-bond acceptors (Lipinski definition) is 3. The second-order valence-electron chi connectivity index (χ2n) is 3.30. The largest absolute Gasteiger partial charge is 0.506 e. The highest BCUT2D eigenvalue weighted by Crippen LogP contribution is 2.20. The summed E-state index contributed by atoms with van der Waals surface area (Å²) in [5.41, 5.74) is 6.83. The number of aromatic hydroxyl groups is 1. The van der Waals surface area contributed by atoms with Gasteiger partial charge in [0.2, 0.25) is 0 Å². The first kappa shape index (κ1) is 10.9. The van der Waals surface area contributed by atoms with E-state index in [9.17, 15) is 5.11 Å².